The Kier molecular flexibility index (Phi) is 3.11. The molecule has 6 nitrogen and oxygen atoms in total. The molecule has 1 aliphatic rings. The van der Waals surface area contributed by atoms with Gasteiger partial charge in [-0.3, -0.25) is 5.01 Å². The maximum absolute atomic E-state index is 6.47. The summed E-state index contributed by atoms with van der Waals surface area (Å²) in [6.45, 7) is 4.08. The van der Waals surface area contributed by atoms with Crippen LogP contribution in [-0.2, 0) is 0 Å². The molecule has 0 atom stereocenters. The number of aryl methyl sites for hydroxylation is 2. The first-order valence-corrected chi connectivity index (χ1v) is 6.59. The molecule has 0 aliphatic carbocycles. The topological polar surface area (TPSA) is 57.5 Å². The van der Waals surface area contributed by atoms with E-state index in [9.17, 15) is 0 Å². The van der Waals surface area contributed by atoms with E-state index in [4.69, 9.17) is 11.6 Å². The molecule has 20 heavy (non-hydrogen) atoms. The van der Waals surface area contributed by atoms with E-state index in [1.807, 2.05) is 20.9 Å². The van der Waals surface area contributed by atoms with Crippen molar-refractivity contribution in [2.24, 2.45) is 5.10 Å². The number of nitrogens with zero attached hydrogens (tertiary/aromatic N) is 4. The normalized spacial score (nSPS) is 14.4. The molecule has 1 aromatic heterocycles. The third-order valence-electron chi connectivity index (χ3n) is 3.24. The van der Waals surface area contributed by atoms with Crippen LogP contribution in [0.1, 0.15) is 16.7 Å². The van der Waals surface area contributed by atoms with Gasteiger partial charge in [0.2, 0.25) is 0 Å². The zero-order chi connectivity index (χ0) is 14.3. The fourth-order valence-corrected chi connectivity index (χ4v) is 2.39. The van der Waals surface area contributed by atoms with Gasteiger partial charge in [0.05, 0.1) is 17.4 Å². The molecule has 0 bridgehead atoms. The molecule has 0 unspecified atom stereocenters. The highest BCUT2D eigenvalue weighted by molar-refractivity contribution is 6.33. The smallest absolute Gasteiger partial charge is 0.177 e. The van der Waals surface area contributed by atoms with E-state index in [-0.39, 0.29) is 0 Å². The molecule has 0 saturated heterocycles. The predicted octanol–water partition coefficient (Wildman–Crippen LogP) is 1.76. The Morgan fingerprint density at radius 3 is 2.75 bits per heavy atom. The van der Waals surface area contributed by atoms with Gasteiger partial charge in [-0.15, -0.1) is 10.6 Å². The molecule has 1 aromatic carbocycles. The van der Waals surface area contributed by atoms with Crippen LogP contribution >= 0.6 is 11.6 Å². The third kappa shape index (κ3) is 2.03. The number of hydrogen-bond acceptors (Lipinski definition) is 5. The summed E-state index contributed by atoms with van der Waals surface area (Å²) in [4.78, 5) is 0. The van der Waals surface area contributed by atoms with E-state index in [1.165, 1.54) is 0 Å². The Morgan fingerprint density at radius 2 is 2.05 bits per heavy atom. The summed E-state index contributed by atoms with van der Waals surface area (Å²) in [7, 11) is 1.85. The van der Waals surface area contributed by atoms with E-state index in [1.54, 1.807) is 15.9 Å². The molecule has 7 heteroatoms. The van der Waals surface area contributed by atoms with Crippen LogP contribution in [-0.4, -0.2) is 27.7 Å². The molecule has 0 fully saturated rings. The van der Waals surface area contributed by atoms with Gasteiger partial charge in [0.1, 0.15) is 5.15 Å². The van der Waals surface area contributed by atoms with Gasteiger partial charge in [-0.1, -0.05) is 23.7 Å². The molecule has 104 valence electrons. The molecular formula is C13H15ClN6. The monoisotopic (exact) mass is 290 g/mol. The Hall–Kier alpha value is -2.05. The van der Waals surface area contributed by atoms with Gasteiger partial charge in [-0.25, -0.2) is 10.2 Å². The minimum absolute atomic E-state index is 0.537. The molecular weight excluding hydrogens is 276 g/mol. The average Bonchev–Trinajstić information content (AvgIpc) is 2.99. The van der Waals surface area contributed by atoms with Crippen molar-refractivity contribution in [2.75, 3.05) is 7.05 Å². The summed E-state index contributed by atoms with van der Waals surface area (Å²) in [5.41, 5.74) is 9.56. The van der Waals surface area contributed by atoms with Gasteiger partial charge in [-0.2, -0.15) is 5.10 Å². The predicted molar refractivity (Wildman–Crippen MR) is 78.6 cm³/mol. The summed E-state index contributed by atoms with van der Waals surface area (Å²) < 4.78 is 1.73. The number of rotatable bonds is 2. The van der Waals surface area contributed by atoms with Crippen molar-refractivity contribution >= 4 is 17.4 Å². The molecule has 0 saturated carbocycles. The van der Waals surface area contributed by atoms with Crippen molar-refractivity contribution in [3.63, 3.8) is 0 Å². The molecule has 1 aliphatic heterocycles. The van der Waals surface area contributed by atoms with Gasteiger partial charge in [0.15, 0.2) is 5.84 Å². The summed E-state index contributed by atoms with van der Waals surface area (Å²) >= 11 is 6.47. The number of hydrazine groups is 2. The first-order valence-electron chi connectivity index (χ1n) is 6.21. The summed E-state index contributed by atoms with van der Waals surface area (Å²) in [5, 5.41) is 10.8. The highest BCUT2D eigenvalue weighted by Gasteiger charge is 2.22. The summed E-state index contributed by atoms with van der Waals surface area (Å²) in [6.07, 6.45) is 1.72. The minimum atomic E-state index is 0.537. The van der Waals surface area contributed by atoms with Gasteiger partial charge in [0.25, 0.3) is 0 Å². The number of nitrogens with one attached hydrogen (secondary N) is 2. The van der Waals surface area contributed by atoms with Gasteiger partial charge in [-0.05, 0) is 31.0 Å². The molecule has 0 amide bonds. The van der Waals surface area contributed by atoms with Crippen LogP contribution in [0.15, 0.2) is 29.5 Å². The number of hydrogen-bond donors (Lipinski definition) is 2. The van der Waals surface area contributed by atoms with Crippen LogP contribution in [0.25, 0.3) is 5.69 Å². The highest BCUT2D eigenvalue weighted by Crippen LogP contribution is 2.24. The van der Waals surface area contributed by atoms with Crippen LogP contribution in [0.5, 0.6) is 0 Å². The van der Waals surface area contributed by atoms with E-state index in [0.29, 0.717) is 11.0 Å². The standard InChI is InChI=1S/C13H15ClN6/c1-8-4-5-9(2)11(6-8)20-12(14)10(7-15-20)13-16-17-18-19(13)3/h4-7,17-18H,1-3H3. The molecule has 3 rings (SSSR count). The molecule has 0 spiro atoms. The molecule has 2 N–H and O–H groups in total. The Labute approximate surface area is 122 Å². The number of aromatic nitrogens is 2. The lowest BCUT2D eigenvalue weighted by Gasteiger charge is -2.12. The largest absolute Gasteiger partial charge is 0.274 e. The molecule has 0 radical (unpaired) electrons. The second kappa shape index (κ2) is 4.81. The maximum atomic E-state index is 6.47. The second-order valence-electron chi connectivity index (χ2n) is 4.77. The van der Waals surface area contributed by atoms with Crippen molar-refractivity contribution < 1.29 is 0 Å². The van der Waals surface area contributed by atoms with Crippen molar-refractivity contribution in [2.45, 2.75) is 13.8 Å². The van der Waals surface area contributed by atoms with Crippen molar-refractivity contribution in [1.29, 1.82) is 0 Å². The number of hydrazone groups is 1. The first kappa shape index (κ1) is 13.0. The number of amidine groups is 1. The Bertz CT molecular complexity index is 690. The quantitative estimate of drug-likeness (QED) is 0.885. The van der Waals surface area contributed by atoms with E-state index in [2.05, 4.69) is 39.5 Å². The number of halogens is 1. The Morgan fingerprint density at radius 1 is 1.25 bits per heavy atom. The summed E-state index contributed by atoms with van der Waals surface area (Å²) in [5.74, 6) is 0.701. The van der Waals surface area contributed by atoms with Crippen molar-refractivity contribution in [3.8, 4) is 5.69 Å². The van der Waals surface area contributed by atoms with Crippen LogP contribution < -0.4 is 11.1 Å². The first-order chi connectivity index (χ1) is 9.58. The van der Waals surface area contributed by atoms with Gasteiger partial charge < -0.3 is 0 Å². The third-order valence-corrected chi connectivity index (χ3v) is 3.61. The lowest BCUT2D eigenvalue weighted by molar-refractivity contribution is 0.349. The highest BCUT2D eigenvalue weighted by atomic mass is 35.5. The van der Waals surface area contributed by atoms with E-state index in [0.717, 1.165) is 22.4 Å². The van der Waals surface area contributed by atoms with Crippen LogP contribution in [0.4, 0.5) is 0 Å². The fourth-order valence-electron chi connectivity index (χ4n) is 2.12. The minimum Gasteiger partial charge on any atom is -0.274 e. The van der Waals surface area contributed by atoms with Crippen LogP contribution in [0, 0.1) is 13.8 Å². The maximum Gasteiger partial charge on any atom is 0.177 e. The lowest BCUT2D eigenvalue weighted by Crippen LogP contribution is -2.37. The van der Waals surface area contributed by atoms with Crippen LogP contribution in [0.3, 0.4) is 0 Å². The van der Waals surface area contributed by atoms with Crippen LogP contribution in [0.2, 0.25) is 5.15 Å². The van der Waals surface area contributed by atoms with Gasteiger partial charge >= 0.3 is 0 Å². The molecule has 2 aromatic rings. The lowest BCUT2D eigenvalue weighted by atomic mass is 10.1. The summed E-state index contributed by atoms with van der Waals surface area (Å²) in [6, 6.07) is 6.19. The number of benzene rings is 1. The zero-order valence-electron chi connectivity index (χ0n) is 11.5. The zero-order valence-corrected chi connectivity index (χ0v) is 12.2. The van der Waals surface area contributed by atoms with Crippen molar-refractivity contribution in [3.05, 3.63) is 46.2 Å². The van der Waals surface area contributed by atoms with E-state index >= 15 is 0 Å². The van der Waals surface area contributed by atoms with Crippen molar-refractivity contribution in [1.82, 2.24) is 25.9 Å². The molecule has 2 heterocycles. The second-order valence-corrected chi connectivity index (χ2v) is 5.13. The average molecular weight is 291 g/mol. The Balaban J connectivity index is 2.09. The van der Waals surface area contributed by atoms with Gasteiger partial charge in [0, 0.05) is 7.05 Å². The SMILES string of the molecule is Cc1ccc(C)c(-n2ncc(C3=NNNN3C)c2Cl)c1. The fraction of sp³-hybridized carbons (Fsp3) is 0.231. The van der Waals surface area contributed by atoms with E-state index < -0.39 is 0 Å².